The Kier molecular flexibility index (Phi) is 7.39. The van der Waals surface area contributed by atoms with E-state index in [0.29, 0.717) is 6.54 Å². The van der Waals surface area contributed by atoms with E-state index in [1.54, 1.807) is 12.1 Å². The van der Waals surface area contributed by atoms with Crippen LogP contribution >= 0.6 is 0 Å². The van der Waals surface area contributed by atoms with Crippen molar-refractivity contribution in [2.45, 2.75) is 27.2 Å². The number of nitrogens with one attached hydrogen (secondary N) is 2. The monoisotopic (exact) mass is 307 g/mol. The van der Waals surface area contributed by atoms with Crippen molar-refractivity contribution in [1.29, 1.82) is 0 Å². The minimum atomic E-state index is -0.776. The standard InChI is InChI=1S/C16H25N3O3/c1-4-19(5-2)10-6-9-17-15(21)16(22)18-13-8-7-12(3)11-14(13)20/h7-8,11,20H,4-6,9-10H2,1-3H3,(H,17,21)(H,18,22). The summed E-state index contributed by atoms with van der Waals surface area (Å²) < 4.78 is 0. The summed E-state index contributed by atoms with van der Waals surface area (Å²) in [6, 6.07) is 4.84. The number of aryl methyl sites for hydroxylation is 1. The van der Waals surface area contributed by atoms with Gasteiger partial charge in [0.1, 0.15) is 5.75 Å². The lowest BCUT2D eigenvalue weighted by atomic mass is 10.2. The van der Waals surface area contributed by atoms with E-state index in [9.17, 15) is 14.7 Å². The molecule has 3 N–H and O–H groups in total. The zero-order chi connectivity index (χ0) is 16.5. The Labute approximate surface area is 131 Å². The van der Waals surface area contributed by atoms with E-state index in [2.05, 4.69) is 29.4 Å². The van der Waals surface area contributed by atoms with Gasteiger partial charge in [0, 0.05) is 6.54 Å². The Morgan fingerprint density at radius 1 is 1.18 bits per heavy atom. The van der Waals surface area contributed by atoms with E-state index in [1.165, 1.54) is 6.07 Å². The highest BCUT2D eigenvalue weighted by Crippen LogP contribution is 2.23. The van der Waals surface area contributed by atoms with Gasteiger partial charge >= 0.3 is 11.8 Å². The quantitative estimate of drug-likeness (QED) is 0.405. The van der Waals surface area contributed by atoms with Crippen molar-refractivity contribution in [3.05, 3.63) is 23.8 Å². The van der Waals surface area contributed by atoms with Crippen molar-refractivity contribution in [2.24, 2.45) is 0 Å². The topological polar surface area (TPSA) is 81.7 Å². The first-order valence-corrected chi connectivity index (χ1v) is 7.59. The van der Waals surface area contributed by atoms with Crippen molar-refractivity contribution in [3.8, 4) is 5.75 Å². The maximum Gasteiger partial charge on any atom is 0.313 e. The number of benzene rings is 1. The molecule has 2 amide bonds. The van der Waals surface area contributed by atoms with Crippen LogP contribution in [0.2, 0.25) is 0 Å². The molecule has 0 radical (unpaired) electrons. The second-order valence-corrected chi connectivity index (χ2v) is 5.11. The maximum absolute atomic E-state index is 11.7. The number of carbonyl (C=O) groups excluding carboxylic acids is 2. The summed E-state index contributed by atoms with van der Waals surface area (Å²) in [5, 5.41) is 14.7. The molecular formula is C16H25N3O3. The summed E-state index contributed by atoms with van der Waals surface area (Å²) in [6.45, 7) is 9.27. The molecule has 0 saturated heterocycles. The van der Waals surface area contributed by atoms with E-state index in [0.717, 1.165) is 31.6 Å². The van der Waals surface area contributed by atoms with Crippen molar-refractivity contribution in [1.82, 2.24) is 10.2 Å². The lowest BCUT2D eigenvalue weighted by molar-refractivity contribution is -0.136. The summed E-state index contributed by atoms with van der Waals surface area (Å²) in [5.74, 6) is -1.52. The number of carbonyl (C=O) groups is 2. The summed E-state index contributed by atoms with van der Waals surface area (Å²) in [4.78, 5) is 25.7. The first kappa shape index (κ1) is 18.0. The zero-order valence-corrected chi connectivity index (χ0v) is 13.5. The molecule has 0 aromatic heterocycles. The first-order valence-electron chi connectivity index (χ1n) is 7.59. The number of phenols is 1. The summed E-state index contributed by atoms with van der Waals surface area (Å²) in [6.07, 6.45) is 0.788. The largest absolute Gasteiger partial charge is 0.506 e. The van der Waals surface area contributed by atoms with Crippen molar-refractivity contribution in [3.63, 3.8) is 0 Å². The predicted molar refractivity (Wildman–Crippen MR) is 86.9 cm³/mol. The normalized spacial score (nSPS) is 10.5. The molecule has 0 atom stereocenters. The third kappa shape index (κ3) is 5.73. The molecule has 0 spiro atoms. The molecule has 6 nitrogen and oxygen atoms in total. The van der Waals surface area contributed by atoms with Gasteiger partial charge in [-0.1, -0.05) is 19.9 Å². The molecule has 6 heteroatoms. The SMILES string of the molecule is CCN(CC)CCCNC(=O)C(=O)Nc1ccc(C)cc1O. The van der Waals surface area contributed by atoms with E-state index in [1.807, 2.05) is 6.92 Å². The van der Waals surface area contributed by atoms with Gasteiger partial charge in [0.15, 0.2) is 0 Å². The van der Waals surface area contributed by atoms with Crippen LogP contribution in [0, 0.1) is 6.92 Å². The first-order chi connectivity index (χ1) is 10.5. The number of nitrogens with zero attached hydrogens (tertiary/aromatic N) is 1. The number of amides is 2. The third-order valence-electron chi connectivity index (χ3n) is 3.44. The summed E-state index contributed by atoms with van der Waals surface area (Å²) >= 11 is 0. The summed E-state index contributed by atoms with van der Waals surface area (Å²) in [7, 11) is 0. The van der Waals surface area contributed by atoms with Gasteiger partial charge in [-0.05, 0) is 50.7 Å². The lowest BCUT2D eigenvalue weighted by Crippen LogP contribution is -2.37. The van der Waals surface area contributed by atoms with Gasteiger partial charge in [-0.15, -0.1) is 0 Å². The van der Waals surface area contributed by atoms with Gasteiger partial charge in [0.2, 0.25) is 0 Å². The van der Waals surface area contributed by atoms with E-state index < -0.39 is 11.8 Å². The van der Waals surface area contributed by atoms with Crippen LogP contribution in [0.25, 0.3) is 0 Å². The van der Waals surface area contributed by atoms with Gasteiger partial charge < -0.3 is 20.6 Å². The molecule has 1 rings (SSSR count). The van der Waals surface area contributed by atoms with E-state index in [4.69, 9.17) is 0 Å². The zero-order valence-electron chi connectivity index (χ0n) is 13.5. The van der Waals surface area contributed by atoms with E-state index >= 15 is 0 Å². The van der Waals surface area contributed by atoms with Crippen LogP contribution in [0.15, 0.2) is 18.2 Å². The van der Waals surface area contributed by atoms with E-state index in [-0.39, 0.29) is 11.4 Å². The van der Waals surface area contributed by atoms with Crippen LogP contribution in [-0.2, 0) is 9.59 Å². The molecule has 122 valence electrons. The number of hydrogen-bond donors (Lipinski definition) is 3. The Bertz CT molecular complexity index is 513. The minimum absolute atomic E-state index is 0.0531. The molecule has 1 aromatic rings. The number of rotatable bonds is 7. The molecule has 0 fully saturated rings. The molecule has 22 heavy (non-hydrogen) atoms. The molecule has 0 saturated carbocycles. The number of anilines is 1. The van der Waals surface area contributed by atoms with Crippen molar-refractivity contribution >= 4 is 17.5 Å². The second-order valence-electron chi connectivity index (χ2n) is 5.11. The van der Waals surface area contributed by atoms with Gasteiger partial charge in [-0.2, -0.15) is 0 Å². The highest BCUT2D eigenvalue weighted by atomic mass is 16.3. The van der Waals surface area contributed by atoms with Gasteiger partial charge in [0.05, 0.1) is 5.69 Å². The smallest absolute Gasteiger partial charge is 0.313 e. The van der Waals surface area contributed by atoms with Crippen LogP contribution in [0.1, 0.15) is 25.8 Å². The molecule has 1 aromatic carbocycles. The Morgan fingerprint density at radius 3 is 2.45 bits per heavy atom. The molecular weight excluding hydrogens is 282 g/mol. The molecule has 0 heterocycles. The van der Waals surface area contributed by atoms with Crippen molar-refractivity contribution < 1.29 is 14.7 Å². The fourth-order valence-electron chi connectivity index (χ4n) is 2.05. The van der Waals surface area contributed by atoms with Gasteiger partial charge in [0.25, 0.3) is 0 Å². The maximum atomic E-state index is 11.7. The molecule has 0 aliphatic heterocycles. The third-order valence-corrected chi connectivity index (χ3v) is 3.44. The summed E-state index contributed by atoms with van der Waals surface area (Å²) in [5.41, 5.74) is 1.10. The Balaban J connectivity index is 2.37. The van der Waals surface area contributed by atoms with Gasteiger partial charge in [-0.25, -0.2) is 0 Å². The average molecular weight is 307 g/mol. The highest BCUT2D eigenvalue weighted by molar-refractivity contribution is 6.39. The second kappa shape index (κ2) is 9.04. The minimum Gasteiger partial charge on any atom is -0.506 e. The highest BCUT2D eigenvalue weighted by Gasteiger charge is 2.14. The molecule has 0 aliphatic carbocycles. The Hall–Kier alpha value is -2.08. The number of phenolic OH excluding ortho intramolecular Hbond substituents is 1. The fraction of sp³-hybridized carbons (Fsp3) is 0.500. The van der Waals surface area contributed by atoms with Gasteiger partial charge in [-0.3, -0.25) is 9.59 Å². The van der Waals surface area contributed by atoms with Crippen LogP contribution in [0.3, 0.4) is 0 Å². The number of hydrogen-bond acceptors (Lipinski definition) is 4. The van der Waals surface area contributed by atoms with Crippen molar-refractivity contribution in [2.75, 3.05) is 31.5 Å². The van der Waals surface area contributed by atoms with Crippen LogP contribution < -0.4 is 10.6 Å². The average Bonchev–Trinajstić information content (AvgIpc) is 2.50. The molecule has 0 aliphatic rings. The molecule has 0 bridgehead atoms. The number of aromatic hydroxyl groups is 1. The van der Waals surface area contributed by atoms with Crippen LogP contribution in [-0.4, -0.2) is 48.0 Å². The van der Waals surface area contributed by atoms with Crippen LogP contribution in [0.5, 0.6) is 5.75 Å². The lowest BCUT2D eigenvalue weighted by Gasteiger charge is -2.17. The Morgan fingerprint density at radius 2 is 1.86 bits per heavy atom. The predicted octanol–water partition coefficient (Wildman–Crippen LogP) is 1.49. The fourth-order valence-corrected chi connectivity index (χ4v) is 2.05. The van der Waals surface area contributed by atoms with Crippen LogP contribution in [0.4, 0.5) is 5.69 Å². The molecule has 0 unspecified atom stereocenters.